The van der Waals surface area contributed by atoms with E-state index in [4.69, 9.17) is 21.3 Å². The summed E-state index contributed by atoms with van der Waals surface area (Å²) < 4.78 is 6.72. The van der Waals surface area contributed by atoms with E-state index in [-0.39, 0.29) is 18.6 Å². The molecule has 2 aliphatic rings. The zero-order valence-corrected chi connectivity index (χ0v) is 15.9. The number of aromatic nitrogens is 2. The molecule has 2 aliphatic heterocycles. The van der Waals surface area contributed by atoms with E-state index in [2.05, 4.69) is 0 Å². The summed E-state index contributed by atoms with van der Waals surface area (Å²) in [7, 11) is 0. The topological polar surface area (TPSA) is 81.4 Å². The van der Waals surface area contributed by atoms with Crippen LogP contribution in [0.5, 0.6) is 0 Å². The smallest absolute Gasteiger partial charge is 0.343 e. The van der Waals surface area contributed by atoms with E-state index in [9.17, 15) is 14.7 Å². The molecular weight excluding hydrogens is 380 g/mol. The summed E-state index contributed by atoms with van der Waals surface area (Å²) in [4.78, 5) is 30.2. The lowest BCUT2D eigenvalue weighted by molar-refractivity contribution is -0.172. The van der Waals surface area contributed by atoms with Crippen molar-refractivity contribution in [3.05, 3.63) is 62.9 Å². The number of para-hydroxylation sites is 1. The standard InChI is InChI=1S/C21H17ClN2O4/c1-2-21(27)15-7-17-18-13(9-24(17)19(25)14(15)10-28-20(21)26)12(8-22)11-5-3-4-6-16(11)23-18/h3-7,27H,2,8-10H2,1H3. The van der Waals surface area contributed by atoms with Crippen molar-refractivity contribution in [3.63, 3.8) is 0 Å². The van der Waals surface area contributed by atoms with Crippen LogP contribution in [0, 0.1) is 0 Å². The second-order valence-corrected chi connectivity index (χ2v) is 7.44. The van der Waals surface area contributed by atoms with Crippen LogP contribution in [0.3, 0.4) is 0 Å². The Morgan fingerprint density at radius 2 is 2.07 bits per heavy atom. The summed E-state index contributed by atoms with van der Waals surface area (Å²) >= 11 is 6.27. The molecule has 3 aromatic rings. The van der Waals surface area contributed by atoms with Gasteiger partial charge in [-0.25, -0.2) is 9.78 Å². The summed E-state index contributed by atoms with van der Waals surface area (Å²) in [6.07, 6.45) is 0.118. The number of carbonyl (C=O) groups excluding carboxylic acids is 1. The first-order chi connectivity index (χ1) is 13.5. The van der Waals surface area contributed by atoms with Gasteiger partial charge in [-0.1, -0.05) is 25.1 Å². The van der Waals surface area contributed by atoms with Gasteiger partial charge >= 0.3 is 5.97 Å². The van der Waals surface area contributed by atoms with Gasteiger partial charge in [-0.05, 0) is 24.1 Å². The number of rotatable bonds is 2. The molecule has 0 radical (unpaired) electrons. The van der Waals surface area contributed by atoms with Gasteiger partial charge in [-0.2, -0.15) is 0 Å². The van der Waals surface area contributed by atoms with Crippen LogP contribution in [0.1, 0.15) is 35.6 Å². The number of hydrogen-bond acceptors (Lipinski definition) is 5. The molecule has 0 amide bonds. The molecule has 28 heavy (non-hydrogen) atoms. The number of aliphatic hydroxyl groups is 1. The minimum Gasteiger partial charge on any atom is -0.458 e. The molecule has 1 aromatic carbocycles. The number of benzene rings is 1. The average molecular weight is 397 g/mol. The van der Waals surface area contributed by atoms with Gasteiger partial charge in [0.2, 0.25) is 0 Å². The molecule has 142 valence electrons. The largest absolute Gasteiger partial charge is 0.458 e. The minimum atomic E-state index is -1.82. The predicted molar refractivity (Wildman–Crippen MR) is 104 cm³/mol. The van der Waals surface area contributed by atoms with Gasteiger partial charge in [0.25, 0.3) is 5.56 Å². The number of hydrogen-bond donors (Lipinski definition) is 1. The van der Waals surface area contributed by atoms with Gasteiger partial charge in [0.1, 0.15) is 6.61 Å². The highest BCUT2D eigenvalue weighted by Gasteiger charge is 2.45. The van der Waals surface area contributed by atoms with Crippen molar-refractivity contribution < 1.29 is 14.6 Å². The van der Waals surface area contributed by atoms with Crippen LogP contribution < -0.4 is 5.56 Å². The first-order valence-corrected chi connectivity index (χ1v) is 9.66. The monoisotopic (exact) mass is 396 g/mol. The second-order valence-electron chi connectivity index (χ2n) is 7.17. The first kappa shape index (κ1) is 17.4. The van der Waals surface area contributed by atoms with Crippen LogP contribution in [0.2, 0.25) is 0 Å². The van der Waals surface area contributed by atoms with E-state index in [1.54, 1.807) is 17.6 Å². The number of carbonyl (C=O) groups is 1. The molecule has 2 aromatic heterocycles. The molecule has 1 atom stereocenters. The Balaban J connectivity index is 1.84. The van der Waals surface area contributed by atoms with Gasteiger partial charge in [0, 0.05) is 22.4 Å². The molecule has 4 heterocycles. The number of pyridine rings is 2. The van der Waals surface area contributed by atoms with E-state index in [0.717, 1.165) is 22.0 Å². The summed E-state index contributed by atoms with van der Waals surface area (Å²) in [6, 6.07) is 9.43. The summed E-state index contributed by atoms with van der Waals surface area (Å²) in [5.74, 6) is -0.424. The Labute approximate surface area is 165 Å². The Bertz CT molecular complexity index is 1230. The Morgan fingerprint density at radius 1 is 1.29 bits per heavy atom. The molecule has 1 unspecified atom stereocenters. The molecule has 7 heteroatoms. The number of halogens is 1. The average Bonchev–Trinajstić information content (AvgIpc) is 3.08. The van der Waals surface area contributed by atoms with Gasteiger partial charge in [-0.3, -0.25) is 4.79 Å². The molecule has 0 fully saturated rings. The zero-order chi connectivity index (χ0) is 19.6. The zero-order valence-electron chi connectivity index (χ0n) is 15.2. The number of cyclic esters (lactones) is 1. The van der Waals surface area contributed by atoms with Gasteiger partial charge in [0.15, 0.2) is 5.60 Å². The van der Waals surface area contributed by atoms with Gasteiger partial charge in [0.05, 0.1) is 29.0 Å². The summed E-state index contributed by atoms with van der Waals surface area (Å²) in [6.45, 7) is 1.91. The van der Waals surface area contributed by atoms with E-state index in [1.165, 1.54) is 0 Å². The molecule has 0 saturated carbocycles. The maximum absolute atomic E-state index is 13.2. The highest BCUT2D eigenvalue weighted by molar-refractivity contribution is 6.18. The highest BCUT2D eigenvalue weighted by Crippen LogP contribution is 2.40. The lowest BCUT2D eigenvalue weighted by atomic mass is 9.86. The Kier molecular flexibility index (Phi) is 3.66. The Hall–Kier alpha value is -2.70. The molecule has 5 rings (SSSR count). The van der Waals surface area contributed by atoms with E-state index in [1.807, 2.05) is 24.3 Å². The van der Waals surface area contributed by atoms with E-state index in [0.29, 0.717) is 34.9 Å². The fraction of sp³-hybridized carbons (Fsp3) is 0.286. The second kappa shape index (κ2) is 5.90. The molecule has 6 nitrogen and oxygen atoms in total. The van der Waals surface area contributed by atoms with Crippen molar-refractivity contribution in [2.45, 2.75) is 38.0 Å². The maximum Gasteiger partial charge on any atom is 0.343 e. The van der Waals surface area contributed by atoms with Crippen molar-refractivity contribution >= 4 is 28.5 Å². The van der Waals surface area contributed by atoms with Crippen molar-refractivity contribution in [2.75, 3.05) is 0 Å². The molecular formula is C21H17ClN2O4. The summed E-state index contributed by atoms with van der Waals surface area (Å²) in [5, 5.41) is 11.9. The lowest BCUT2D eigenvalue weighted by Gasteiger charge is -2.31. The number of fused-ring (bicyclic) bond motifs is 5. The van der Waals surface area contributed by atoms with Crippen LogP contribution in [0.4, 0.5) is 0 Å². The van der Waals surface area contributed by atoms with Gasteiger partial charge < -0.3 is 14.4 Å². The summed E-state index contributed by atoms with van der Waals surface area (Å²) in [5.41, 5.74) is 2.45. The minimum absolute atomic E-state index is 0.118. The number of nitrogens with zero attached hydrogens (tertiary/aromatic N) is 2. The molecule has 0 spiro atoms. The fourth-order valence-corrected chi connectivity index (χ4v) is 4.57. The number of ether oxygens (including phenoxy) is 1. The SMILES string of the molecule is CCC1(O)C(=O)OCc2c1cc1n(c2=O)Cc2c-1nc1ccccc1c2CCl. The van der Waals surface area contributed by atoms with E-state index < -0.39 is 11.6 Å². The number of alkyl halides is 1. The van der Waals surface area contributed by atoms with Crippen LogP contribution in [0.15, 0.2) is 35.1 Å². The lowest BCUT2D eigenvalue weighted by Crippen LogP contribution is -2.44. The van der Waals surface area contributed by atoms with Crippen LogP contribution in [-0.4, -0.2) is 20.6 Å². The van der Waals surface area contributed by atoms with Crippen LogP contribution in [0.25, 0.3) is 22.3 Å². The normalized spacial score (nSPS) is 19.9. The third-order valence-corrected chi connectivity index (χ3v) is 6.11. The fourth-order valence-electron chi connectivity index (χ4n) is 4.27. The van der Waals surface area contributed by atoms with Gasteiger partial charge in [-0.15, -0.1) is 11.6 Å². The maximum atomic E-state index is 13.2. The quantitative estimate of drug-likeness (QED) is 0.416. The van der Waals surface area contributed by atoms with Crippen LogP contribution >= 0.6 is 11.6 Å². The highest BCUT2D eigenvalue weighted by atomic mass is 35.5. The molecule has 1 N–H and O–H groups in total. The molecule has 0 aliphatic carbocycles. The van der Waals surface area contributed by atoms with Crippen molar-refractivity contribution in [3.8, 4) is 11.4 Å². The molecule has 0 bridgehead atoms. The van der Waals surface area contributed by atoms with Crippen molar-refractivity contribution in [1.29, 1.82) is 0 Å². The predicted octanol–water partition coefficient (Wildman–Crippen LogP) is 2.82. The van der Waals surface area contributed by atoms with Crippen LogP contribution in [-0.2, 0) is 34.2 Å². The van der Waals surface area contributed by atoms with Crippen molar-refractivity contribution in [1.82, 2.24) is 9.55 Å². The van der Waals surface area contributed by atoms with E-state index >= 15 is 0 Å². The third-order valence-electron chi connectivity index (χ3n) is 5.85. The molecule has 0 saturated heterocycles. The first-order valence-electron chi connectivity index (χ1n) is 9.13. The Morgan fingerprint density at radius 3 is 2.82 bits per heavy atom. The third kappa shape index (κ3) is 2.10. The van der Waals surface area contributed by atoms with Crippen molar-refractivity contribution in [2.24, 2.45) is 0 Å². The number of esters is 1.